The van der Waals surface area contributed by atoms with Crippen molar-refractivity contribution in [2.45, 2.75) is 20.3 Å². The number of aromatic nitrogens is 5. The summed E-state index contributed by atoms with van der Waals surface area (Å²) in [6.45, 7) is 5.00. The van der Waals surface area contributed by atoms with Gasteiger partial charge >= 0.3 is 0 Å². The molecular weight excluding hydrogens is 284 g/mol. The summed E-state index contributed by atoms with van der Waals surface area (Å²) in [5.74, 6) is 1.78. The van der Waals surface area contributed by atoms with Crippen molar-refractivity contribution in [2.75, 3.05) is 11.9 Å². The Bertz CT molecular complexity index is 719. The first-order valence-electron chi connectivity index (χ1n) is 6.83. The van der Waals surface area contributed by atoms with Crippen LogP contribution in [0.15, 0.2) is 30.6 Å². The highest BCUT2D eigenvalue weighted by Gasteiger charge is 2.11. The van der Waals surface area contributed by atoms with Crippen LogP contribution < -0.4 is 5.32 Å². The second kappa shape index (κ2) is 6.01. The van der Waals surface area contributed by atoms with Crippen molar-refractivity contribution in [3.8, 4) is 16.6 Å². The molecule has 0 saturated carbocycles. The fraction of sp³-hybridized carbons (Fsp3) is 0.286. The topological polar surface area (TPSA) is 68.5 Å². The standard InChI is InChI=1S/C14H16N6S/c1-3-7-15-13-17-12(11-6-5-10(2)21-11)18-14(19-13)20-9-4-8-16-20/h4-6,8-9H,3,7H2,1-2H3,(H,15,17,18,19). The van der Waals surface area contributed by atoms with E-state index in [0.717, 1.165) is 17.8 Å². The summed E-state index contributed by atoms with van der Waals surface area (Å²) < 4.78 is 1.64. The minimum atomic E-state index is 0.523. The molecule has 0 aliphatic carbocycles. The zero-order valence-electron chi connectivity index (χ0n) is 11.9. The van der Waals surface area contributed by atoms with E-state index in [0.29, 0.717) is 17.7 Å². The van der Waals surface area contributed by atoms with E-state index in [9.17, 15) is 0 Å². The van der Waals surface area contributed by atoms with E-state index < -0.39 is 0 Å². The largest absolute Gasteiger partial charge is 0.354 e. The Morgan fingerprint density at radius 2 is 2.14 bits per heavy atom. The van der Waals surface area contributed by atoms with Gasteiger partial charge in [-0.05, 0) is 31.5 Å². The third-order valence-corrected chi connectivity index (χ3v) is 3.82. The minimum Gasteiger partial charge on any atom is -0.354 e. The Hall–Kier alpha value is -2.28. The molecule has 108 valence electrons. The predicted octanol–water partition coefficient (Wildman–Crippen LogP) is 2.92. The van der Waals surface area contributed by atoms with Gasteiger partial charge in [0.25, 0.3) is 5.95 Å². The second-order valence-corrected chi connectivity index (χ2v) is 5.86. The first kappa shape index (κ1) is 13.7. The zero-order valence-corrected chi connectivity index (χ0v) is 12.8. The molecule has 0 aliphatic heterocycles. The highest BCUT2D eigenvalue weighted by molar-refractivity contribution is 7.15. The molecular formula is C14H16N6S. The maximum atomic E-state index is 4.52. The van der Waals surface area contributed by atoms with E-state index in [1.807, 2.05) is 18.3 Å². The number of hydrogen-bond donors (Lipinski definition) is 1. The summed E-state index contributed by atoms with van der Waals surface area (Å²) >= 11 is 1.67. The Morgan fingerprint density at radius 1 is 1.24 bits per heavy atom. The molecule has 3 rings (SSSR count). The smallest absolute Gasteiger partial charge is 0.255 e. The van der Waals surface area contributed by atoms with E-state index in [1.54, 1.807) is 22.2 Å². The Labute approximate surface area is 126 Å². The lowest BCUT2D eigenvalue weighted by Gasteiger charge is -2.07. The summed E-state index contributed by atoms with van der Waals surface area (Å²) in [5.41, 5.74) is 0. The van der Waals surface area contributed by atoms with Crippen LogP contribution in [0.1, 0.15) is 18.2 Å². The average Bonchev–Trinajstić information content (AvgIpc) is 3.16. The van der Waals surface area contributed by atoms with Gasteiger partial charge in [-0.15, -0.1) is 11.3 Å². The molecule has 0 amide bonds. The molecule has 3 aromatic rings. The summed E-state index contributed by atoms with van der Waals surface area (Å²) in [6.07, 6.45) is 4.54. The summed E-state index contributed by atoms with van der Waals surface area (Å²) in [5, 5.41) is 7.40. The van der Waals surface area contributed by atoms with Crippen molar-refractivity contribution >= 4 is 17.3 Å². The van der Waals surface area contributed by atoms with E-state index in [1.165, 1.54) is 4.88 Å². The third kappa shape index (κ3) is 3.08. The van der Waals surface area contributed by atoms with Crippen LogP contribution in [0, 0.1) is 6.92 Å². The zero-order chi connectivity index (χ0) is 14.7. The molecule has 0 fully saturated rings. The molecule has 0 unspecified atom stereocenters. The first-order valence-corrected chi connectivity index (χ1v) is 7.64. The number of thiophene rings is 1. The van der Waals surface area contributed by atoms with E-state index in [-0.39, 0.29) is 0 Å². The van der Waals surface area contributed by atoms with Crippen molar-refractivity contribution in [2.24, 2.45) is 0 Å². The van der Waals surface area contributed by atoms with E-state index in [4.69, 9.17) is 0 Å². The fourth-order valence-electron chi connectivity index (χ4n) is 1.84. The van der Waals surface area contributed by atoms with Gasteiger partial charge in [-0.3, -0.25) is 0 Å². The molecule has 3 aromatic heterocycles. The SMILES string of the molecule is CCCNc1nc(-c2ccc(C)s2)nc(-n2cccn2)n1. The van der Waals surface area contributed by atoms with Gasteiger partial charge < -0.3 is 5.32 Å². The van der Waals surface area contributed by atoms with Crippen LogP contribution in [0.5, 0.6) is 0 Å². The maximum absolute atomic E-state index is 4.52. The lowest BCUT2D eigenvalue weighted by atomic mass is 10.4. The van der Waals surface area contributed by atoms with Crippen molar-refractivity contribution in [3.05, 3.63) is 35.5 Å². The molecule has 0 atom stereocenters. The molecule has 0 spiro atoms. The van der Waals surface area contributed by atoms with E-state index in [2.05, 4.69) is 45.3 Å². The van der Waals surface area contributed by atoms with Crippen LogP contribution in [0.3, 0.4) is 0 Å². The number of rotatable bonds is 5. The lowest BCUT2D eigenvalue weighted by molar-refractivity contribution is 0.796. The van der Waals surface area contributed by atoms with Gasteiger partial charge in [0, 0.05) is 23.8 Å². The molecule has 7 heteroatoms. The number of aryl methyl sites for hydroxylation is 1. The normalized spacial score (nSPS) is 10.8. The maximum Gasteiger partial charge on any atom is 0.255 e. The van der Waals surface area contributed by atoms with Gasteiger partial charge in [0.15, 0.2) is 5.82 Å². The van der Waals surface area contributed by atoms with Crippen LogP contribution in [0.25, 0.3) is 16.6 Å². The third-order valence-electron chi connectivity index (χ3n) is 2.83. The van der Waals surface area contributed by atoms with Crippen LogP contribution in [-0.2, 0) is 0 Å². The Morgan fingerprint density at radius 3 is 2.81 bits per heavy atom. The molecule has 0 saturated heterocycles. The number of anilines is 1. The predicted molar refractivity (Wildman–Crippen MR) is 83.8 cm³/mol. The number of nitrogens with one attached hydrogen (secondary N) is 1. The molecule has 6 nitrogen and oxygen atoms in total. The van der Waals surface area contributed by atoms with Crippen LogP contribution in [0.2, 0.25) is 0 Å². The number of hydrogen-bond acceptors (Lipinski definition) is 6. The monoisotopic (exact) mass is 300 g/mol. The molecule has 0 radical (unpaired) electrons. The summed E-state index contributed by atoms with van der Waals surface area (Å²) in [7, 11) is 0. The first-order chi connectivity index (χ1) is 10.3. The highest BCUT2D eigenvalue weighted by Crippen LogP contribution is 2.25. The molecule has 3 heterocycles. The van der Waals surface area contributed by atoms with Gasteiger partial charge in [-0.2, -0.15) is 20.1 Å². The highest BCUT2D eigenvalue weighted by atomic mass is 32.1. The van der Waals surface area contributed by atoms with Crippen LogP contribution in [0.4, 0.5) is 5.95 Å². The van der Waals surface area contributed by atoms with Crippen LogP contribution in [-0.4, -0.2) is 31.3 Å². The van der Waals surface area contributed by atoms with Gasteiger partial charge in [0.05, 0.1) is 4.88 Å². The van der Waals surface area contributed by atoms with Gasteiger partial charge in [0.1, 0.15) is 0 Å². The van der Waals surface area contributed by atoms with Gasteiger partial charge in [0.2, 0.25) is 5.95 Å². The molecule has 0 aliphatic rings. The quantitative estimate of drug-likeness (QED) is 0.784. The fourth-order valence-corrected chi connectivity index (χ4v) is 2.64. The van der Waals surface area contributed by atoms with Crippen molar-refractivity contribution in [3.63, 3.8) is 0 Å². The van der Waals surface area contributed by atoms with E-state index >= 15 is 0 Å². The Kier molecular flexibility index (Phi) is 3.92. The Balaban J connectivity index is 2.04. The van der Waals surface area contributed by atoms with Gasteiger partial charge in [-0.1, -0.05) is 6.92 Å². The number of nitrogens with zero attached hydrogens (tertiary/aromatic N) is 5. The molecule has 21 heavy (non-hydrogen) atoms. The molecule has 0 aromatic carbocycles. The molecule has 1 N–H and O–H groups in total. The lowest BCUT2D eigenvalue weighted by Crippen LogP contribution is -2.10. The minimum absolute atomic E-state index is 0.523. The summed E-state index contributed by atoms with van der Waals surface area (Å²) in [4.78, 5) is 15.7. The van der Waals surface area contributed by atoms with Crippen molar-refractivity contribution in [1.29, 1.82) is 0 Å². The summed E-state index contributed by atoms with van der Waals surface area (Å²) in [6, 6.07) is 5.94. The van der Waals surface area contributed by atoms with Crippen molar-refractivity contribution < 1.29 is 0 Å². The van der Waals surface area contributed by atoms with Crippen molar-refractivity contribution in [1.82, 2.24) is 24.7 Å². The van der Waals surface area contributed by atoms with Gasteiger partial charge in [-0.25, -0.2) is 4.68 Å². The average molecular weight is 300 g/mol. The van der Waals surface area contributed by atoms with Crippen LogP contribution >= 0.6 is 11.3 Å². The molecule has 0 bridgehead atoms. The second-order valence-electron chi connectivity index (χ2n) is 4.57.